The Hall–Kier alpha value is -3.20. The largest absolute Gasteiger partial charge is 0.345 e. The summed E-state index contributed by atoms with van der Waals surface area (Å²) in [6.45, 7) is 2.41. The van der Waals surface area contributed by atoms with E-state index in [1.807, 2.05) is 37.3 Å². The van der Waals surface area contributed by atoms with Gasteiger partial charge in [-0.25, -0.2) is 12.7 Å². The predicted molar refractivity (Wildman–Crippen MR) is 146 cm³/mol. The molecular weight excluding hydrogens is 510 g/mol. The standard InChI is InChI=1S/C28H30ClN3O4S/c1-20(21-9-3-2-4-10-21)30-28(34)24-12-6-8-14-26(24)31-27(33)22-15-17-32(18-16-22)37(35,36)19-23-11-5-7-13-25(23)29/h2-14,20,22H,15-19H2,1H3,(H,30,34)(H,31,33)/t20-/m0/s1. The van der Waals surface area contributed by atoms with E-state index in [-0.39, 0.29) is 42.6 Å². The molecular formula is C28H30ClN3O4S. The number of amides is 2. The molecule has 3 aromatic rings. The topological polar surface area (TPSA) is 95.6 Å². The zero-order valence-corrected chi connectivity index (χ0v) is 22.1. The second-order valence-electron chi connectivity index (χ2n) is 9.16. The van der Waals surface area contributed by atoms with Crippen LogP contribution in [0.4, 0.5) is 5.69 Å². The number of nitrogens with zero attached hydrogens (tertiary/aromatic N) is 1. The normalized spacial score (nSPS) is 15.6. The Morgan fingerprint density at radius 3 is 2.27 bits per heavy atom. The minimum atomic E-state index is -3.56. The highest BCUT2D eigenvalue weighted by molar-refractivity contribution is 7.88. The fourth-order valence-electron chi connectivity index (χ4n) is 4.42. The third-order valence-corrected chi connectivity index (χ3v) is 8.79. The average Bonchev–Trinajstić information content (AvgIpc) is 2.90. The molecule has 0 saturated carbocycles. The van der Waals surface area contributed by atoms with E-state index in [1.165, 1.54) is 4.31 Å². The lowest BCUT2D eigenvalue weighted by Gasteiger charge is -2.30. The van der Waals surface area contributed by atoms with Crippen molar-refractivity contribution in [1.29, 1.82) is 0 Å². The number of carbonyl (C=O) groups excluding carboxylic acids is 2. The molecule has 0 aromatic heterocycles. The summed E-state index contributed by atoms with van der Waals surface area (Å²) in [5, 5.41) is 6.29. The monoisotopic (exact) mass is 539 g/mol. The number of nitrogens with one attached hydrogen (secondary N) is 2. The molecule has 0 bridgehead atoms. The van der Waals surface area contributed by atoms with Gasteiger partial charge in [0, 0.05) is 24.0 Å². The summed E-state index contributed by atoms with van der Waals surface area (Å²) in [5.41, 5.74) is 2.34. The number of sulfonamides is 1. The van der Waals surface area contributed by atoms with Crippen LogP contribution in [0.1, 0.15) is 47.3 Å². The van der Waals surface area contributed by atoms with Gasteiger partial charge in [-0.2, -0.15) is 0 Å². The van der Waals surface area contributed by atoms with Crippen LogP contribution < -0.4 is 10.6 Å². The Morgan fingerprint density at radius 2 is 1.57 bits per heavy atom. The number of piperidine rings is 1. The van der Waals surface area contributed by atoms with Crippen LogP contribution in [0.3, 0.4) is 0 Å². The van der Waals surface area contributed by atoms with Crippen molar-refractivity contribution in [2.24, 2.45) is 5.92 Å². The first-order valence-electron chi connectivity index (χ1n) is 12.2. The molecule has 0 radical (unpaired) electrons. The van der Waals surface area contributed by atoms with Crippen LogP contribution in [0.25, 0.3) is 0 Å². The summed E-state index contributed by atoms with van der Waals surface area (Å²) in [5.74, 6) is -1.04. The number of carbonyl (C=O) groups is 2. The van der Waals surface area contributed by atoms with Crippen molar-refractivity contribution < 1.29 is 18.0 Å². The van der Waals surface area contributed by atoms with E-state index < -0.39 is 10.0 Å². The van der Waals surface area contributed by atoms with Gasteiger partial charge in [-0.1, -0.05) is 72.3 Å². The Labute approximate surface area is 222 Å². The molecule has 4 rings (SSSR count). The van der Waals surface area contributed by atoms with Crippen LogP contribution in [0.5, 0.6) is 0 Å². The summed E-state index contributed by atoms with van der Waals surface area (Å²) < 4.78 is 27.2. The van der Waals surface area contributed by atoms with Crippen molar-refractivity contribution in [2.45, 2.75) is 31.6 Å². The third-order valence-electron chi connectivity index (χ3n) is 6.59. The predicted octanol–water partition coefficient (Wildman–Crippen LogP) is 5.01. The number of hydrogen-bond acceptors (Lipinski definition) is 4. The molecule has 7 nitrogen and oxygen atoms in total. The molecule has 3 aromatic carbocycles. The number of halogens is 1. The van der Waals surface area contributed by atoms with Gasteiger partial charge in [0.2, 0.25) is 15.9 Å². The van der Waals surface area contributed by atoms with Gasteiger partial charge in [0.05, 0.1) is 23.0 Å². The Kier molecular flexibility index (Phi) is 8.63. The van der Waals surface area contributed by atoms with Crippen molar-refractivity contribution in [3.05, 3.63) is 101 Å². The molecule has 1 fully saturated rings. The van der Waals surface area contributed by atoms with E-state index in [2.05, 4.69) is 10.6 Å². The number of benzene rings is 3. The van der Waals surface area contributed by atoms with Crippen LogP contribution >= 0.6 is 11.6 Å². The highest BCUT2D eigenvalue weighted by atomic mass is 35.5. The smallest absolute Gasteiger partial charge is 0.253 e. The molecule has 1 aliphatic heterocycles. The number of para-hydroxylation sites is 1. The van der Waals surface area contributed by atoms with Crippen LogP contribution in [0.2, 0.25) is 5.02 Å². The van der Waals surface area contributed by atoms with Crippen molar-refractivity contribution in [3.8, 4) is 0 Å². The summed E-state index contributed by atoms with van der Waals surface area (Å²) in [6.07, 6.45) is 0.792. The maximum Gasteiger partial charge on any atom is 0.253 e. The lowest BCUT2D eigenvalue weighted by Crippen LogP contribution is -2.42. The zero-order valence-electron chi connectivity index (χ0n) is 20.6. The Bertz CT molecular complexity index is 1360. The number of hydrogen-bond donors (Lipinski definition) is 2. The molecule has 194 valence electrons. The summed E-state index contributed by atoms with van der Waals surface area (Å²) >= 11 is 6.14. The van der Waals surface area contributed by atoms with Gasteiger partial charge in [0.1, 0.15) is 0 Å². The zero-order chi connectivity index (χ0) is 26.4. The average molecular weight is 540 g/mol. The van der Waals surface area contributed by atoms with Gasteiger partial charge in [0.15, 0.2) is 0 Å². The second-order valence-corrected chi connectivity index (χ2v) is 11.5. The van der Waals surface area contributed by atoms with Crippen LogP contribution in [-0.2, 0) is 20.6 Å². The van der Waals surface area contributed by atoms with Gasteiger partial charge in [0.25, 0.3) is 5.91 Å². The van der Waals surface area contributed by atoms with Crippen LogP contribution in [0, 0.1) is 5.92 Å². The van der Waals surface area contributed by atoms with Crippen molar-refractivity contribution >= 4 is 39.1 Å². The molecule has 0 aliphatic carbocycles. The van der Waals surface area contributed by atoms with Gasteiger partial charge in [-0.05, 0) is 49.1 Å². The van der Waals surface area contributed by atoms with Crippen molar-refractivity contribution in [2.75, 3.05) is 18.4 Å². The molecule has 2 N–H and O–H groups in total. The molecule has 0 unspecified atom stereocenters. The van der Waals surface area contributed by atoms with E-state index in [4.69, 9.17) is 11.6 Å². The second kappa shape index (κ2) is 11.9. The third kappa shape index (κ3) is 6.77. The maximum atomic E-state index is 13.0. The lowest BCUT2D eigenvalue weighted by molar-refractivity contribution is -0.120. The van der Waals surface area contributed by atoms with Crippen molar-refractivity contribution in [1.82, 2.24) is 9.62 Å². The van der Waals surface area contributed by atoms with E-state index in [1.54, 1.807) is 48.5 Å². The van der Waals surface area contributed by atoms with Gasteiger partial charge < -0.3 is 10.6 Å². The molecule has 1 aliphatic rings. The minimum Gasteiger partial charge on any atom is -0.345 e. The molecule has 2 amide bonds. The maximum absolute atomic E-state index is 13.0. The molecule has 9 heteroatoms. The number of rotatable bonds is 8. The van der Waals surface area contributed by atoms with Gasteiger partial charge in [-0.3, -0.25) is 9.59 Å². The molecule has 0 spiro atoms. The first-order chi connectivity index (χ1) is 17.7. The number of anilines is 1. The quantitative estimate of drug-likeness (QED) is 0.420. The van der Waals surface area contributed by atoms with Gasteiger partial charge >= 0.3 is 0 Å². The van der Waals surface area contributed by atoms with Gasteiger partial charge in [-0.15, -0.1) is 0 Å². The lowest BCUT2D eigenvalue weighted by atomic mass is 9.97. The van der Waals surface area contributed by atoms with Crippen LogP contribution in [0.15, 0.2) is 78.9 Å². The Morgan fingerprint density at radius 1 is 0.946 bits per heavy atom. The first kappa shape index (κ1) is 26.9. The minimum absolute atomic E-state index is 0.173. The van der Waals surface area contributed by atoms with E-state index in [0.29, 0.717) is 34.7 Å². The van der Waals surface area contributed by atoms with E-state index in [9.17, 15) is 18.0 Å². The van der Waals surface area contributed by atoms with E-state index in [0.717, 1.165) is 5.56 Å². The molecule has 1 heterocycles. The molecule has 1 saturated heterocycles. The first-order valence-corrected chi connectivity index (χ1v) is 14.2. The van der Waals surface area contributed by atoms with Crippen molar-refractivity contribution in [3.63, 3.8) is 0 Å². The highest BCUT2D eigenvalue weighted by Gasteiger charge is 2.32. The Balaban J connectivity index is 1.36. The van der Waals surface area contributed by atoms with Crippen LogP contribution in [-0.4, -0.2) is 37.6 Å². The highest BCUT2D eigenvalue weighted by Crippen LogP contribution is 2.26. The fraction of sp³-hybridized carbons (Fsp3) is 0.286. The summed E-state index contributed by atoms with van der Waals surface area (Å²) in [6, 6.07) is 23.2. The summed E-state index contributed by atoms with van der Waals surface area (Å²) in [4.78, 5) is 26.0. The van der Waals surface area contributed by atoms with E-state index >= 15 is 0 Å². The summed E-state index contributed by atoms with van der Waals surface area (Å²) in [7, 11) is -3.56. The fourth-order valence-corrected chi connectivity index (χ4v) is 6.30. The molecule has 1 atom stereocenters. The SMILES string of the molecule is C[C@H](NC(=O)c1ccccc1NC(=O)C1CCN(S(=O)(=O)Cc2ccccc2Cl)CC1)c1ccccc1. The molecule has 37 heavy (non-hydrogen) atoms.